The molecule has 1 aromatic rings. The van der Waals surface area contributed by atoms with Crippen molar-refractivity contribution in [2.45, 2.75) is 0 Å². The van der Waals surface area contributed by atoms with Gasteiger partial charge in [0.1, 0.15) is 0 Å². The van der Waals surface area contributed by atoms with E-state index < -0.39 is 48.4 Å². The summed E-state index contributed by atoms with van der Waals surface area (Å²) in [4.78, 5) is 36.5. The molecule has 1 aliphatic heterocycles. The van der Waals surface area contributed by atoms with E-state index >= 15 is 0 Å². The van der Waals surface area contributed by atoms with Crippen molar-refractivity contribution in [3.05, 3.63) is 57.4 Å². The van der Waals surface area contributed by atoms with E-state index in [0.717, 1.165) is 0 Å². The monoisotopic (exact) mass is 789 g/mol. The van der Waals surface area contributed by atoms with E-state index in [1.165, 1.54) is 0 Å². The van der Waals surface area contributed by atoms with Crippen LogP contribution < -0.4 is 21.3 Å². The molecule has 28 heavy (non-hydrogen) atoms. The summed E-state index contributed by atoms with van der Waals surface area (Å²) >= 11 is 0. The molecule has 1 aromatic carbocycles. The molecule has 144 valence electrons. The first-order chi connectivity index (χ1) is 12.1. The average Bonchev–Trinajstić information content (AvgIpc) is 2.99. The van der Waals surface area contributed by atoms with Crippen molar-refractivity contribution in [3.63, 3.8) is 0 Å². The number of nitrogens with one attached hydrogen (secondary N) is 2. The number of hydrogen-bond acceptors (Lipinski definition) is 12. The first-order valence-corrected chi connectivity index (χ1v) is 5.69. The Balaban J connectivity index is 0. The third kappa shape index (κ3) is 7.23. The van der Waals surface area contributed by atoms with Crippen molar-refractivity contribution in [1.29, 1.82) is 0 Å². The summed E-state index contributed by atoms with van der Waals surface area (Å²) in [5.41, 5.74) is 6.34. The van der Waals surface area contributed by atoms with E-state index in [-0.39, 0.29) is 66.6 Å². The van der Waals surface area contributed by atoms with E-state index in [1.54, 1.807) is 0 Å². The number of hydrogen-bond donors (Lipinski definition) is 2. The quantitative estimate of drug-likeness (QED) is 0.191. The Hall–Kier alpha value is -2.55. The van der Waals surface area contributed by atoms with Gasteiger partial charge in [-0.1, -0.05) is 5.96 Å². The van der Waals surface area contributed by atoms with Gasteiger partial charge in [0.15, 0.2) is 0 Å². The Morgan fingerprint density at radius 2 is 1.18 bits per heavy atom. The molecule has 2 N–H and O–H groups in total. The summed E-state index contributed by atoms with van der Waals surface area (Å²) in [7, 11) is 0. The minimum absolute atomic E-state index is 0. The maximum absolute atomic E-state index is 11.1. The predicted molar refractivity (Wildman–Crippen MR) is 84.2 cm³/mol. The number of nitro groups is 4. The largest absolute Gasteiger partial charge is 2.00 e. The fourth-order valence-electron chi connectivity index (χ4n) is 1.34. The normalized spacial score (nSPS) is 11.2. The van der Waals surface area contributed by atoms with Gasteiger partial charge in [-0.05, 0) is 0 Å². The van der Waals surface area contributed by atoms with Gasteiger partial charge in [0.05, 0.1) is 37.4 Å². The van der Waals surface area contributed by atoms with Gasteiger partial charge in [0.25, 0.3) is 17.1 Å². The molecule has 1 saturated heterocycles. The Labute approximate surface area is 192 Å². The van der Waals surface area contributed by atoms with Crippen LogP contribution in [0.2, 0.25) is 0 Å². The third-order valence-electron chi connectivity index (χ3n) is 2.28. The topological polar surface area (TPSA) is 283 Å². The molecule has 19 nitrogen and oxygen atoms in total. The predicted octanol–water partition coefficient (Wildman–Crippen LogP) is -1.98. The number of hydrazone groups is 1. The number of nitrogens with zero attached hydrogens (tertiary/aromatic N) is 7. The van der Waals surface area contributed by atoms with E-state index in [2.05, 4.69) is 27.0 Å². The fraction of sp³-hybridized carbons (Fsp3) is 0. The van der Waals surface area contributed by atoms with E-state index in [1.807, 2.05) is 0 Å². The van der Waals surface area contributed by atoms with Crippen LogP contribution in [0.4, 0.5) is 17.1 Å². The summed E-state index contributed by atoms with van der Waals surface area (Å²) in [6.45, 7) is 0. The van der Waals surface area contributed by atoms with Gasteiger partial charge in [0.2, 0.25) is 0 Å². The SMILES string of the molecule is O=[N+]([O-])N=C1[N-]NN[N-]1.O=[N+]([O-])c1cc([N+](=O)[O-])c([O-])c([N+](=O)[O-])c1[O-].[Pb+2].[Pb+2]. The number of hydrazine groups is 1. The molecular weight excluding hydrogens is 785 g/mol. The molecule has 0 amide bonds. The Bertz CT molecular complexity index is 771. The van der Waals surface area contributed by atoms with Crippen LogP contribution >= 0.6 is 0 Å². The second kappa shape index (κ2) is 12.0. The molecule has 21 heteroatoms. The van der Waals surface area contributed by atoms with E-state index in [4.69, 9.17) is 0 Å². The van der Waals surface area contributed by atoms with Crippen LogP contribution in [-0.2, 0) is 0 Å². The van der Waals surface area contributed by atoms with Crippen molar-refractivity contribution in [1.82, 2.24) is 11.1 Å². The number of guanidine groups is 1. The van der Waals surface area contributed by atoms with Crippen LogP contribution in [0.5, 0.6) is 11.5 Å². The van der Waals surface area contributed by atoms with Gasteiger partial charge in [-0.15, -0.1) is 0 Å². The maximum atomic E-state index is 11.1. The zero-order valence-electron chi connectivity index (χ0n) is 12.8. The second-order valence-corrected chi connectivity index (χ2v) is 3.78. The fourth-order valence-corrected chi connectivity index (χ4v) is 1.34. The molecule has 4 radical (unpaired) electrons. The van der Waals surface area contributed by atoms with Crippen LogP contribution in [0, 0.1) is 40.5 Å². The Morgan fingerprint density at radius 1 is 0.786 bits per heavy atom. The second-order valence-electron chi connectivity index (χ2n) is 3.78. The van der Waals surface area contributed by atoms with Crippen molar-refractivity contribution >= 4 is 77.6 Å². The number of rotatable bonds is 4. The van der Waals surface area contributed by atoms with Gasteiger partial charge < -0.3 is 21.1 Å². The molecule has 1 aliphatic rings. The smallest absolute Gasteiger partial charge is 0.863 e. The zero-order valence-corrected chi connectivity index (χ0v) is 20.6. The maximum Gasteiger partial charge on any atom is 2.00 e. The van der Waals surface area contributed by atoms with Gasteiger partial charge in [-0.2, -0.15) is 0 Å². The van der Waals surface area contributed by atoms with Gasteiger partial charge in [-0.25, -0.2) is 5.10 Å². The van der Waals surface area contributed by atoms with Crippen LogP contribution in [-0.4, -0.2) is 80.4 Å². The molecule has 0 aromatic heterocycles. The third-order valence-corrected chi connectivity index (χ3v) is 2.28. The summed E-state index contributed by atoms with van der Waals surface area (Å²) in [6.07, 6.45) is 0. The first kappa shape index (κ1) is 27.7. The Morgan fingerprint density at radius 3 is 1.46 bits per heavy atom. The van der Waals surface area contributed by atoms with Crippen LogP contribution in [0.3, 0.4) is 0 Å². The van der Waals surface area contributed by atoms with Gasteiger partial charge in [-0.3, -0.25) is 51.5 Å². The number of nitro benzene ring substituents is 3. The molecular formula is C7H3N9O10Pb2. The molecule has 2 rings (SSSR count). The molecule has 0 saturated carbocycles. The average molecular weight is 788 g/mol. The van der Waals surface area contributed by atoms with Crippen LogP contribution in [0.15, 0.2) is 11.2 Å². The van der Waals surface area contributed by atoms with Crippen molar-refractivity contribution < 1.29 is 30.0 Å². The van der Waals surface area contributed by atoms with Gasteiger partial charge >= 0.3 is 54.6 Å². The zero-order chi connectivity index (χ0) is 20.0. The van der Waals surface area contributed by atoms with Crippen LogP contribution in [0.1, 0.15) is 0 Å². The van der Waals surface area contributed by atoms with Gasteiger partial charge in [0, 0.05) is 0 Å². The minimum atomic E-state index is -1.75. The van der Waals surface area contributed by atoms with E-state index in [9.17, 15) is 50.7 Å². The van der Waals surface area contributed by atoms with Crippen molar-refractivity contribution in [2.24, 2.45) is 5.10 Å². The Kier molecular flexibility index (Phi) is 11.9. The summed E-state index contributed by atoms with van der Waals surface area (Å²) in [5.74, 6) is -3.73. The standard InChI is InChI=1S/C6H3N3O8.CH2N6O2.2Pb/c10-5-2(7(12)13)1-3(8(14)15)6(11)4(5)9(16)17;8-7(9)4-1-2-5-6-3-1;;/h1,10-11H;5-6H;;/q;-2;2*+2/p-2. The minimum Gasteiger partial charge on any atom is -0.863 e. The molecule has 0 spiro atoms. The summed E-state index contributed by atoms with van der Waals surface area (Å²) in [5, 5.41) is 64.8. The molecule has 0 aliphatic carbocycles. The molecule has 0 atom stereocenters. The summed E-state index contributed by atoms with van der Waals surface area (Å²) < 4.78 is 0. The molecule has 0 bridgehead atoms. The van der Waals surface area contributed by atoms with Crippen molar-refractivity contribution in [2.75, 3.05) is 0 Å². The number of benzene rings is 1. The van der Waals surface area contributed by atoms with Crippen molar-refractivity contribution in [3.8, 4) is 11.5 Å². The first-order valence-electron chi connectivity index (χ1n) is 5.69. The van der Waals surface area contributed by atoms with Crippen LogP contribution in [0.25, 0.3) is 10.9 Å². The molecule has 1 fully saturated rings. The summed E-state index contributed by atoms with van der Waals surface area (Å²) in [6, 6.07) is 0.109. The molecule has 1 heterocycles. The molecule has 0 unspecified atom stereocenters. The van der Waals surface area contributed by atoms with E-state index in [0.29, 0.717) is 0 Å².